The van der Waals surface area contributed by atoms with Gasteiger partial charge in [0.05, 0.1) is 5.41 Å². The third-order valence-electron chi connectivity index (χ3n) is 9.20. The fraction of sp³-hybridized carbons (Fsp3) is 0.464. The van der Waals surface area contributed by atoms with Crippen LogP contribution in [0.25, 0.3) is 11.1 Å². The minimum Gasteiger partial charge on any atom is -0.479 e. The molecule has 7 heteroatoms. The highest BCUT2D eigenvalue weighted by Gasteiger charge is 2.75. The van der Waals surface area contributed by atoms with Crippen molar-refractivity contribution in [1.82, 2.24) is 10.2 Å². The van der Waals surface area contributed by atoms with Gasteiger partial charge in [0.2, 0.25) is 5.91 Å². The summed E-state index contributed by atoms with van der Waals surface area (Å²) in [5, 5.41) is 12.5. The number of ether oxygens (including phenoxy) is 1. The average Bonchev–Trinajstić information content (AvgIpc) is 3.75. The van der Waals surface area contributed by atoms with Crippen molar-refractivity contribution in [3.63, 3.8) is 0 Å². The molecule has 0 heterocycles. The van der Waals surface area contributed by atoms with E-state index in [-0.39, 0.29) is 30.4 Å². The highest BCUT2D eigenvalue weighted by Crippen LogP contribution is 2.74. The van der Waals surface area contributed by atoms with Crippen LogP contribution in [0.2, 0.25) is 0 Å². The Morgan fingerprint density at radius 1 is 1.00 bits per heavy atom. The number of carboxylic acids is 1. The summed E-state index contributed by atoms with van der Waals surface area (Å²) in [7, 11) is 1.60. The smallest absolute Gasteiger partial charge is 0.407 e. The van der Waals surface area contributed by atoms with Crippen molar-refractivity contribution in [1.29, 1.82) is 0 Å². The van der Waals surface area contributed by atoms with Gasteiger partial charge in [0, 0.05) is 19.5 Å². The molecule has 0 bridgehead atoms. The number of nitrogens with zero attached hydrogens (tertiary/aromatic N) is 1. The van der Waals surface area contributed by atoms with E-state index in [0.717, 1.165) is 30.4 Å². The fourth-order valence-electron chi connectivity index (χ4n) is 6.62. The summed E-state index contributed by atoms with van der Waals surface area (Å²) in [6, 6.07) is 16.4. The lowest BCUT2D eigenvalue weighted by molar-refractivity contribution is -0.154. The van der Waals surface area contributed by atoms with Crippen molar-refractivity contribution in [2.75, 3.05) is 20.2 Å². The molecular weight excluding hydrogens is 444 g/mol. The standard InChI is InChI=1S/C28H30N2O5/c1-30(28(13-14-28)24(32)33)23(31)27(16-26(27)11-6-12-26)17-29-25(34)35-15-22-20-9-4-2-7-18(20)19-8-3-5-10-21(19)22/h2-5,7-10,22H,6,11-17H2,1H3,(H,29,34)(H,32,33). The predicted octanol–water partition coefficient (Wildman–Crippen LogP) is 4.16. The maximum absolute atomic E-state index is 13.6. The number of hydrogen-bond acceptors (Lipinski definition) is 4. The number of carboxylic acid groups (broad SMARTS) is 1. The number of aliphatic carboxylic acids is 1. The molecule has 3 fully saturated rings. The quantitative estimate of drug-likeness (QED) is 0.628. The van der Waals surface area contributed by atoms with E-state index in [2.05, 4.69) is 29.6 Å². The van der Waals surface area contributed by atoms with Gasteiger partial charge >= 0.3 is 12.1 Å². The fourth-order valence-corrected chi connectivity index (χ4v) is 6.62. The van der Waals surface area contributed by atoms with Gasteiger partial charge in [0.15, 0.2) is 0 Å². The molecule has 7 nitrogen and oxygen atoms in total. The van der Waals surface area contributed by atoms with Crippen LogP contribution in [0.15, 0.2) is 48.5 Å². The Morgan fingerprint density at radius 3 is 2.09 bits per heavy atom. The number of rotatable bonds is 7. The van der Waals surface area contributed by atoms with Crippen molar-refractivity contribution >= 4 is 18.0 Å². The Bertz CT molecular complexity index is 1190. The summed E-state index contributed by atoms with van der Waals surface area (Å²) < 4.78 is 5.67. The Kier molecular flexibility index (Phi) is 4.79. The molecule has 0 radical (unpaired) electrons. The van der Waals surface area contributed by atoms with Gasteiger partial charge in [-0.3, -0.25) is 4.79 Å². The molecule has 2 aromatic carbocycles. The number of hydrogen-bond donors (Lipinski definition) is 2. The highest BCUT2D eigenvalue weighted by atomic mass is 16.5. The topological polar surface area (TPSA) is 95.9 Å². The van der Waals surface area contributed by atoms with E-state index in [1.54, 1.807) is 7.05 Å². The van der Waals surface area contributed by atoms with Gasteiger partial charge in [-0.2, -0.15) is 0 Å². The molecule has 4 aliphatic carbocycles. The average molecular weight is 475 g/mol. The third-order valence-corrected chi connectivity index (χ3v) is 9.20. The minimum atomic E-state index is -1.08. The van der Waals surface area contributed by atoms with Crippen molar-refractivity contribution in [2.45, 2.75) is 50.0 Å². The van der Waals surface area contributed by atoms with Crippen molar-refractivity contribution < 1.29 is 24.2 Å². The van der Waals surface area contributed by atoms with Crippen LogP contribution in [0.5, 0.6) is 0 Å². The Balaban J connectivity index is 1.13. The Labute approximate surface area is 204 Å². The van der Waals surface area contributed by atoms with Crippen LogP contribution in [-0.2, 0) is 14.3 Å². The van der Waals surface area contributed by atoms with Gasteiger partial charge in [-0.1, -0.05) is 55.0 Å². The zero-order valence-corrected chi connectivity index (χ0v) is 19.9. The first-order valence-corrected chi connectivity index (χ1v) is 12.4. The monoisotopic (exact) mass is 474 g/mol. The number of nitrogens with one attached hydrogen (secondary N) is 1. The number of fused-ring (bicyclic) bond motifs is 3. The molecule has 35 heavy (non-hydrogen) atoms. The molecule has 6 rings (SSSR count). The van der Waals surface area contributed by atoms with Crippen LogP contribution >= 0.6 is 0 Å². The number of benzene rings is 2. The minimum absolute atomic E-state index is 0.0286. The summed E-state index contributed by atoms with van der Waals surface area (Å²) in [5.41, 5.74) is 2.72. The molecule has 1 spiro atoms. The second-order valence-corrected chi connectivity index (χ2v) is 10.8. The summed E-state index contributed by atoms with van der Waals surface area (Å²) >= 11 is 0. The van der Waals surface area contributed by atoms with Gasteiger partial charge in [0.1, 0.15) is 12.1 Å². The second kappa shape index (κ2) is 7.57. The second-order valence-electron chi connectivity index (χ2n) is 10.8. The summed E-state index contributed by atoms with van der Waals surface area (Å²) in [5.74, 6) is -1.13. The van der Waals surface area contributed by atoms with Crippen molar-refractivity contribution in [3.05, 3.63) is 59.7 Å². The number of carbonyl (C=O) groups is 3. The van der Waals surface area contributed by atoms with Crippen LogP contribution in [0.4, 0.5) is 4.79 Å². The predicted molar refractivity (Wildman–Crippen MR) is 129 cm³/mol. The van der Waals surface area contributed by atoms with E-state index in [9.17, 15) is 19.5 Å². The van der Waals surface area contributed by atoms with Crippen molar-refractivity contribution in [3.8, 4) is 11.1 Å². The number of alkyl carbamates (subject to hydrolysis) is 1. The number of likely N-dealkylation sites (N-methyl/N-ethyl adjacent to an activating group) is 1. The molecule has 2 amide bonds. The maximum atomic E-state index is 13.6. The Morgan fingerprint density at radius 2 is 1.60 bits per heavy atom. The summed E-state index contributed by atoms with van der Waals surface area (Å²) in [4.78, 5) is 39.5. The summed E-state index contributed by atoms with van der Waals surface area (Å²) in [6.45, 7) is 0.399. The van der Waals surface area contributed by atoms with Crippen LogP contribution in [0.3, 0.4) is 0 Å². The van der Waals surface area contributed by atoms with Gasteiger partial charge in [-0.25, -0.2) is 9.59 Å². The SMILES string of the molecule is CN(C(=O)C1(CNC(=O)OCC2c3ccccc3-c3ccccc32)CC12CCC2)C1(C(=O)O)CC1. The molecule has 2 N–H and O–H groups in total. The molecule has 0 aromatic heterocycles. The molecular formula is C28H30N2O5. The van der Waals surface area contributed by atoms with Crippen LogP contribution in [-0.4, -0.2) is 53.7 Å². The molecule has 3 saturated carbocycles. The van der Waals surface area contributed by atoms with Crippen LogP contribution in [0, 0.1) is 10.8 Å². The first kappa shape index (κ1) is 22.1. The van der Waals surface area contributed by atoms with Crippen LogP contribution in [0.1, 0.15) is 55.6 Å². The lowest BCUT2D eigenvalue weighted by atomic mass is 9.74. The van der Waals surface area contributed by atoms with Gasteiger partial charge in [0.25, 0.3) is 0 Å². The first-order valence-electron chi connectivity index (χ1n) is 12.4. The van der Waals surface area contributed by atoms with E-state index in [4.69, 9.17) is 4.74 Å². The van der Waals surface area contributed by atoms with Crippen molar-refractivity contribution in [2.24, 2.45) is 10.8 Å². The van der Waals surface area contributed by atoms with E-state index >= 15 is 0 Å². The zero-order chi connectivity index (χ0) is 24.4. The van der Waals surface area contributed by atoms with E-state index in [1.807, 2.05) is 24.3 Å². The third kappa shape index (κ3) is 3.13. The normalized spacial score (nSPS) is 24.0. The zero-order valence-electron chi connectivity index (χ0n) is 19.9. The Hall–Kier alpha value is -3.35. The first-order chi connectivity index (χ1) is 16.8. The summed E-state index contributed by atoms with van der Waals surface area (Å²) in [6.07, 6.45) is 4.07. The molecule has 0 saturated heterocycles. The maximum Gasteiger partial charge on any atom is 0.407 e. The van der Waals surface area contributed by atoms with E-state index in [0.29, 0.717) is 19.3 Å². The largest absolute Gasteiger partial charge is 0.479 e. The van der Waals surface area contributed by atoms with Crippen LogP contribution < -0.4 is 5.32 Å². The molecule has 2 aromatic rings. The lowest BCUT2D eigenvalue weighted by Crippen LogP contribution is -2.52. The lowest BCUT2D eigenvalue weighted by Gasteiger charge is -2.36. The van der Waals surface area contributed by atoms with Gasteiger partial charge in [-0.15, -0.1) is 0 Å². The molecule has 0 aliphatic heterocycles. The number of carbonyl (C=O) groups excluding carboxylic acids is 2. The van der Waals surface area contributed by atoms with Gasteiger partial charge < -0.3 is 20.1 Å². The van der Waals surface area contributed by atoms with E-state index in [1.165, 1.54) is 16.0 Å². The highest BCUT2D eigenvalue weighted by molar-refractivity contribution is 5.94. The van der Waals surface area contributed by atoms with Gasteiger partial charge in [-0.05, 0) is 59.8 Å². The molecule has 4 aliphatic rings. The van der Waals surface area contributed by atoms with E-state index < -0.39 is 23.0 Å². The molecule has 182 valence electrons. The number of amides is 2. The molecule has 1 unspecified atom stereocenters. The molecule has 1 atom stereocenters.